The molecule has 0 amide bonds. The van der Waals surface area contributed by atoms with Crippen molar-refractivity contribution in [1.82, 2.24) is 10.2 Å². The van der Waals surface area contributed by atoms with Gasteiger partial charge in [-0.25, -0.2) is 0 Å². The molecule has 0 radical (unpaired) electrons. The van der Waals surface area contributed by atoms with Crippen molar-refractivity contribution in [3.63, 3.8) is 0 Å². The van der Waals surface area contributed by atoms with Crippen molar-refractivity contribution >= 4 is 0 Å². The van der Waals surface area contributed by atoms with Crippen LogP contribution >= 0.6 is 0 Å². The molecular formula is C11H26N2. The van der Waals surface area contributed by atoms with E-state index in [1.54, 1.807) is 0 Å². The Morgan fingerprint density at radius 3 is 2.23 bits per heavy atom. The van der Waals surface area contributed by atoms with Gasteiger partial charge in [0.05, 0.1) is 0 Å². The molecule has 0 aromatic carbocycles. The zero-order valence-corrected chi connectivity index (χ0v) is 9.93. The third-order valence-corrected chi connectivity index (χ3v) is 2.57. The van der Waals surface area contributed by atoms with Crippen LogP contribution in [0.25, 0.3) is 0 Å². The molecule has 0 rings (SSSR count). The first kappa shape index (κ1) is 12.9. The highest BCUT2D eigenvalue weighted by atomic mass is 15.1. The number of hydrogen-bond donors (Lipinski definition) is 1. The van der Waals surface area contributed by atoms with Gasteiger partial charge in [0.25, 0.3) is 0 Å². The van der Waals surface area contributed by atoms with Gasteiger partial charge in [-0.3, -0.25) is 0 Å². The average molecular weight is 186 g/mol. The smallest absolute Gasteiger partial charge is 0.0104 e. The summed E-state index contributed by atoms with van der Waals surface area (Å²) in [4.78, 5) is 2.38. The maximum atomic E-state index is 3.53. The normalized spacial score (nSPS) is 14.1. The van der Waals surface area contributed by atoms with Crippen LogP contribution in [0, 0.1) is 5.92 Å². The third kappa shape index (κ3) is 7.03. The molecule has 0 aliphatic heterocycles. The maximum absolute atomic E-state index is 3.53. The fourth-order valence-corrected chi connectivity index (χ4v) is 1.21. The summed E-state index contributed by atoms with van der Waals surface area (Å²) in [6, 6.07) is 0.634. The molecule has 0 aromatic heterocycles. The zero-order valence-electron chi connectivity index (χ0n) is 9.93. The predicted octanol–water partition coefficient (Wildman–Crippen LogP) is 1.96. The summed E-state index contributed by atoms with van der Waals surface area (Å²) in [5.41, 5.74) is 0. The topological polar surface area (TPSA) is 15.3 Å². The molecule has 2 nitrogen and oxygen atoms in total. The van der Waals surface area contributed by atoms with Crippen LogP contribution in [0.1, 0.15) is 34.1 Å². The van der Waals surface area contributed by atoms with Crippen LogP contribution in [-0.2, 0) is 0 Å². The van der Waals surface area contributed by atoms with Crippen molar-refractivity contribution in [2.45, 2.75) is 40.2 Å². The highest BCUT2D eigenvalue weighted by Gasteiger charge is 2.05. The van der Waals surface area contributed by atoms with Crippen molar-refractivity contribution in [3.8, 4) is 0 Å². The van der Waals surface area contributed by atoms with Gasteiger partial charge in [-0.2, -0.15) is 0 Å². The number of rotatable bonds is 7. The number of nitrogens with one attached hydrogen (secondary N) is 1. The second-order valence-corrected chi connectivity index (χ2v) is 4.29. The second kappa shape index (κ2) is 7.34. The van der Waals surface area contributed by atoms with Gasteiger partial charge >= 0.3 is 0 Å². The van der Waals surface area contributed by atoms with Crippen LogP contribution in [0.15, 0.2) is 0 Å². The van der Waals surface area contributed by atoms with Gasteiger partial charge in [0.1, 0.15) is 0 Å². The van der Waals surface area contributed by atoms with E-state index in [-0.39, 0.29) is 0 Å². The molecule has 0 aliphatic carbocycles. The summed E-state index contributed by atoms with van der Waals surface area (Å²) in [5, 5.41) is 3.53. The molecule has 0 saturated carbocycles. The highest BCUT2D eigenvalue weighted by Crippen LogP contribution is 1.98. The molecule has 0 saturated heterocycles. The Morgan fingerprint density at radius 1 is 1.15 bits per heavy atom. The Hall–Kier alpha value is -0.0800. The summed E-state index contributed by atoms with van der Waals surface area (Å²) >= 11 is 0. The largest absolute Gasteiger partial charge is 0.313 e. The molecule has 0 bridgehead atoms. The van der Waals surface area contributed by atoms with E-state index in [1.807, 2.05) is 0 Å². The first-order valence-electron chi connectivity index (χ1n) is 5.49. The van der Waals surface area contributed by atoms with Gasteiger partial charge < -0.3 is 10.2 Å². The molecule has 2 heteroatoms. The van der Waals surface area contributed by atoms with Gasteiger partial charge in [-0.05, 0) is 32.9 Å². The van der Waals surface area contributed by atoms with Crippen molar-refractivity contribution in [2.75, 3.05) is 26.7 Å². The highest BCUT2D eigenvalue weighted by molar-refractivity contribution is 4.65. The minimum absolute atomic E-state index is 0.634. The minimum Gasteiger partial charge on any atom is -0.313 e. The van der Waals surface area contributed by atoms with Gasteiger partial charge in [0, 0.05) is 19.1 Å². The molecule has 0 fully saturated rings. The lowest BCUT2D eigenvalue weighted by atomic mass is 10.1. The monoisotopic (exact) mass is 186 g/mol. The Bertz CT molecular complexity index is 113. The SMILES string of the molecule is CCCN(C)CCNC(C)C(C)C. The van der Waals surface area contributed by atoms with E-state index in [1.165, 1.54) is 13.0 Å². The molecule has 13 heavy (non-hydrogen) atoms. The van der Waals surface area contributed by atoms with E-state index < -0.39 is 0 Å². The molecule has 1 N–H and O–H groups in total. The van der Waals surface area contributed by atoms with Crippen LogP contribution in [0.5, 0.6) is 0 Å². The van der Waals surface area contributed by atoms with Gasteiger partial charge in [0.15, 0.2) is 0 Å². The summed E-state index contributed by atoms with van der Waals surface area (Å²) < 4.78 is 0. The summed E-state index contributed by atoms with van der Waals surface area (Å²) in [7, 11) is 2.19. The number of hydrogen-bond acceptors (Lipinski definition) is 2. The third-order valence-electron chi connectivity index (χ3n) is 2.57. The lowest BCUT2D eigenvalue weighted by Crippen LogP contribution is -2.37. The Morgan fingerprint density at radius 2 is 1.77 bits per heavy atom. The van der Waals surface area contributed by atoms with Crippen molar-refractivity contribution in [2.24, 2.45) is 5.92 Å². The molecule has 0 aliphatic rings. The summed E-state index contributed by atoms with van der Waals surface area (Å²) in [5.74, 6) is 0.733. The van der Waals surface area contributed by atoms with E-state index in [0.717, 1.165) is 19.0 Å². The van der Waals surface area contributed by atoms with Crippen LogP contribution in [0.2, 0.25) is 0 Å². The minimum atomic E-state index is 0.634. The molecule has 0 aromatic rings. The van der Waals surface area contributed by atoms with E-state index in [0.29, 0.717) is 6.04 Å². The zero-order chi connectivity index (χ0) is 10.3. The Kier molecular flexibility index (Phi) is 7.29. The van der Waals surface area contributed by atoms with E-state index in [4.69, 9.17) is 0 Å². The molecular weight excluding hydrogens is 160 g/mol. The summed E-state index contributed by atoms with van der Waals surface area (Å²) in [6.07, 6.45) is 1.25. The lowest BCUT2D eigenvalue weighted by Gasteiger charge is -2.20. The fourth-order valence-electron chi connectivity index (χ4n) is 1.21. The predicted molar refractivity (Wildman–Crippen MR) is 60.1 cm³/mol. The van der Waals surface area contributed by atoms with Crippen LogP contribution in [0.4, 0.5) is 0 Å². The summed E-state index contributed by atoms with van der Waals surface area (Å²) in [6.45, 7) is 12.5. The van der Waals surface area contributed by atoms with Gasteiger partial charge in [-0.15, -0.1) is 0 Å². The molecule has 80 valence electrons. The van der Waals surface area contributed by atoms with Crippen LogP contribution < -0.4 is 5.32 Å². The van der Waals surface area contributed by atoms with Crippen LogP contribution in [-0.4, -0.2) is 37.6 Å². The number of nitrogens with zero attached hydrogens (tertiary/aromatic N) is 1. The van der Waals surface area contributed by atoms with Crippen molar-refractivity contribution in [3.05, 3.63) is 0 Å². The Labute approximate surface area is 83.7 Å². The first-order valence-corrected chi connectivity index (χ1v) is 5.49. The molecule has 1 unspecified atom stereocenters. The van der Waals surface area contributed by atoms with E-state index in [9.17, 15) is 0 Å². The number of likely N-dealkylation sites (N-methyl/N-ethyl adjacent to an activating group) is 1. The average Bonchev–Trinajstić information content (AvgIpc) is 2.04. The Balaban J connectivity index is 3.33. The second-order valence-electron chi connectivity index (χ2n) is 4.29. The first-order chi connectivity index (χ1) is 6.07. The molecule has 0 spiro atoms. The van der Waals surface area contributed by atoms with Gasteiger partial charge in [0.2, 0.25) is 0 Å². The standard InChI is InChI=1S/C11H26N2/c1-6-8-13(5)9-7-12-11(4)10(2)3/h10-12H,6-9H2,1-5H3. The maximum Gasteiger partial charge on any atom is 0.0104 e. The van der Waals surface area contributed by atoms with Crippen molar-refractivity contribution in [1.29, 1.82) is 0 Å². The lowest BCUT2D eigenvalue weighted by molar-refractivity contribution is 0.315. The van der Waals surface area contributed by atoms with Gasteiger partial charge in [-0.1, -0.05) is 20.8 Å². The fraction of sp³-hybridized carbons (Fsp3) is 1.00. The molecule has 0 heterocycles. The van der Waals surface area contributed by atoms with Crippen LogP contribution in [0.3, 0.4) is 0 Å². The molecule has 1 atom stereocenters. The quantitative estimate of drug-likeness (QED) is 0.654. The van der Waals surface area contributed by atoms with E-state index >= 15 is 0 Å². The van der Waals surface area contributed by atoms with E-state index in [2.05, 4.69) is 45.0 Å². The van der Waals surface area contributed by atoms with Crippen molar-refractivity contribution < 1.29 is 0 Å².